The Balaban J connectivity index is 1.48. The molecule has 0 bridgehead atoms. The van der Waals surface area contributed by atoms with Crippen molar-refractivity contribution in [2.24, 2.45) is 11.3 Å². The Morgan fingerprint density at radius 1 is 1.20 bits per heavy atom. The molecule has 2 N–H and O–H groups in total. The highest BCUT2D eigenvalue weighted by molar-refractivity contribution is 5.80. The van der Waals surface area contributed by atoms with Crippen LogP contribution in [0.1, 0.15) is 44.9 Å². The van der Waals surface area contributed by atoms with Crippen molar-refractivity contribution >= 4 is 11.9 Å². The first kappa shape index (κ1) is 13.9. The molecule has 0 spiro atoms. The van der Waals surface area contributed by atoms with Gasteiger partial charge in [0.15, 0.2) is 0 Å². The normalized spacial score (nSPS) is 34.3. The molecule has 2 unspecified atom stereocenters. The SMILES string of the molecule is O=C(CN1CCC2CC2(C(=O)O)C1)NC1CCCCC1. The summed E-state index contributed by atoms with van der Waals surface area (Å²) in [6.07, 6.45) is 7.59. The van der Waals surface area contributed by atoms with Crippen LogP contribution in [-0.4, -0.2) is 47.6 Å². The van der Waals surface area contributed by atoms with Crippen LogP contribution in [0.3, 0.4) is 0 Å². The van der Waals surface area contributed by atoms with Crippen LogP contribution in [0.4, 0.5) is 0 Å². The molecule has 0 aromatic rings. The van der Waals surface area contributed by atoms with E-state index in [1.54, 1.807) is 0 Å². The van der Waals surface area contributed by atoms with Gasteiger partial charge in [-0.2, -0.15) is 0 Å². The average molecular weight is 280 g/mol. The minimum absolute atomic E-state index is 0.0662. The van der Waals surface area contributed by atoms with Crippen LogP contribution < -0.4 is 5.32 Å². The molecule has 2 aliphatic carbocycles. The second kappa shape index (κ2) is 5.35. The van der Waals surface area contributed by atoms with E-state index in [0.29, 0.717) is 25.0 Å². The van der Waals surface area contributed by atoms with E-state index in [4.69, 9.17) is 0 Å². The topological polar surface area (TPSA) is 69.6 Å². The lowest BCUT2D eigenvalue weighted by molar-refractivity contribution is -0.146. The Bertz CT molecular complexity index is 406. The van der Waals surface area contributed by atoms with E-state index in [-0.39, 0.29) is 5.91 Å². The predicted molar refractivity (Wildman–Crippen MR) is 74.2 cm³/mol. The van der Waals surface area contributed by atoms with E-state index >= 15 is 0 Å². The number of likely N-dealkylation sites (tertiary alicyclic amines) is 1. The van der Waals surface area contributed by atoms with E-state index in [1.807, 2.05) is 4.90 Å². The van der Waals surface area contributed by atoms with Gasteiger partial charge in [-0.25, -0.2) is 0 Å². The van der Waals surface area contributed by atoms with Gasteiger partial charge in [-0.3, -0.25) is 14.5 Å². The van der Waals surface area contributed by atoms with Gasteiger partial charge >= 0.3 is 5.97 Å². The van der Waals surface area contributed by atoms with Crippen molar-refractivity contribution in [2.45, 2.75) is 51.0 Å². The number of carbonyl (C=O) groups excluding carboxylic acids is 1. The van der Waals surface area contributed by atoms with Crippen molar-refractivity contribution < 1.29 is 14.7 Å². The highest BCUT2D eigenvalue weighted by atomic mass is 16.4. The molecule has 0 aromatic carbocycles. The molecule has 3 aliphatic rings. The first-order chi connectivity index (χ1) is 9.60. The maximum absolute atomic E-state index is 12.1. The lowest BCUT2D eigenvalue weighted by Crippen LogP contribution is -2.47. The van der Waals surface area contributed by atoms with Crippen LogP contribution in [0, 0.1) is 11.3 Å². The highest BCUT2D eigenvalue weighted by Gasteiger charge is 2.62. The van der Waals surface area contributed by atoms with Gasteiger partial charge in [0.1, 0.15) is 0 Å². The van der Waals surface area contributed by atoms with Crippen LogP contribution in [0.15, 0.2) is 0 Å². The number of nitrogens with one attached hydrogen (secondary N) is 1. The summed E-state index contributed by atoms with van der Waals surface area (Å²) in [5, 5.41) is 12.4. The Labute approximate surface area is 119 Å². The molecule has 3 rings (SSSR count). The molecule has 3 fully saturated rings. The van der Waals surface area contributed by atoms with Crippen LogP contribution in [-0.2, 0) is 9.59 Å². The molecule has 1 aliphatic heterocycles. The van der Waals surface area contributed by atoms with Crippen molar-refractivity contribution in [1.82, 2.24) is 10.2 Å². The molecule has 1 saturated heterocycles. The van der Waals surface area contributed by atoms with E-state index in [2.05, 4.69) is 5.32 Å². The molecule has 20 heavy (non-hydrogen) atoms. The van der Waals surface area contributed by atoms with Gasteiger partial charge in [0.05, 0.1) is 12.0 Å². The highest BCUT2D eigenvalue weighted by Crippen LogP contribution is 2.57. The predicted octanol–water partition coefficient (Wildman–Crippen LogP) is 1.23. The van der Waals surface area contributed by atoms with Gasteiger partial charge in [0.2, 0.25) is 5.91 Å². The molecule has 0 aromatic heterocycles. The Morgan fingerprint density at radius 3 is 2.65 bits per heavy atom. The van der Waals surface area contributed by atoms with Gasteiger partial charge in [-0.15, -0.1) is 0 Å². The monoisotopic (exact) mass is 280 g/mol. The van der Waals surface area contributed by atoms with Gasteiger partial charge in [0.25, 0.3) is 0 Å². The summed E-state index contributed by atoms with van der Waals surface area (Å²) < 4.78 is 0. The number of carboxylic acid groups (broad SMARTS) is 1. The molecule has 5 heteroatoms. The van der Waals surface area contributed by atoms with Crippen molar-refractivity contribution in [3.05, 3.63) is 0 Å². The number of nitrogens with zero attached hydrogens (tertiary/aromatic N) is 1. The summed E-state index contributed by atoms with van der Waals surface area (Å²) in [7, 11) is 0. The van der Waals surface area contributed by atoms with E-state index in [0.717, 1.165) is 32.2 Å². The Hall–Kier alpha value is -1.10. The second-order valence-corrected chi connectivity index (χ2v) is 6.76. The molecule has 112 valence electrons. The quantitative estimate of drug-likeness (QED) is 0.812. The first-order valence-corrected chi connectivity index (χ1v) is 7.85. The fraction of sp³-hybridized carbons (Fsp3) is 0.867. The molecule has 1 heterocycles. The fourth-order valence-electron chi connectivity index (χ4n) is 3.96. The van der Waals surface area contributed by atoms with Crippen LogP contribution >= 0.6 is 0 Å². The van der Waals surface area contributed by atoms with E-state index < -0.39 is 11.4 Å². The van der Waals surface area contributed by atoms with Crippen LogP contribution in [0.25, 0.3) is 0 Å². The lowest BCUT2D eigenvalue weighted by Gasteiger charge is -2.31. The third-order valence-corrected chi connectivity index (χ3v) is 5.29. The van der Waals surface area contributed by atoms with Gasteiger partial charge in [-0.1, -0.05) is 19.3 Å². The molecule has 1 amide bonds. The Kier molecular flexibility index (Phi) is 3.71. The standard InChI is InChI=1S/C15H24N2O3/c18-13(16-12-4-2-1-3-5-12)9-17-7-6-11-8-15(11,10-17)14(19)20/h11-12H,1-10H2,(H,16,18)(H,19,20). The average Bonchev–Trinajstić information content (AvgIpc) is 3.15. The zero-order valence-electron chi connectivity index (χ0n) is 11.9. The summed E-state index contributed by atoms with van der Waals surface area (Å²) in [4.78, 5) is 25.4. The number of fused-ring (bicyclic) bond motifs is 1. The van der Waals surface area contributed by atoms with Crippen molar-refractivity contribution in [3.63, 3.8) is 0 Å². The van der Waals surface area contributed by atoms with Crippen molar-refractivity contribution in [1.29, 1.82) is 0 Å². The molecular weight excluding hydrogens is 256 g/mol. The molecular formula is C15H24N2O3. The molecule has 2 saturated carbocycles. The summed E-state index contributed by atoms with van der Waals surface area (Å²) in [6, 6.07) is 0.336. The Morgan fingerprint density at radius 2 is 1.95 bits per heavy atom. The summed E-state index contributed by atoms with van der Waals surface area (Å²) >= 11 is 0. The number of amides is 1. The molecule has 2 atom stereocenters. The number of hydrogen-bond acceptors (Lipinski definition) is 3. The molecule has 5 nitrogen and oxygen atoms in total. The number of aliphatic carboxylic acids is 1. The number of carbonyl (C=O) groups is 2. The smallest absolute Gasteiger partial charge is 0.311 e. The minimum atomic E-state index is -0.681. The zero-order chi connectivity index (χ0) is 14.2. The fourth-order valence-corrected chi connectivity index (χ4v) is 3.96. The first-order valence-electron chi connectivity index (χ1n) is 7.85. The van der Waals surface area contributed by atoms with Gasteiger partial charge in [0, 0.05) is 12.6 Å². The van der Waals surface area contributed by atoms with Gasteiger partial charge in [-0.05, 0) is 38.1 Å². The maximum Gasteiger partial charge on any atom is 0.311 e. The van der Waals surface area contributed by atoms with E-state index in [9.17, 15) is 14.7 Å². The number of carboxylic acids is 1. The maximum atomic E-state index is 12.1. The van der Waals surface area contributed by atoms with Crippen molar-refractivity contribution in [2.75, 3.05) is 19.6 Å². The number of piperidine rings is 1. The third kappa shape index (κ3) is 2.68. The summed E-state index contributed by atoms with van der Waals surface area (Å²) in [5.74, 6) is -0.269. The number of rotatable bonds is 4. The molecule has 0 radical (unpaired) electrons. The van der Waals surface area contributed by atoms with Crippen LogP contribution in [0.5, 0.6) is 0 Å². The minimum Gasteiger partial charge on any atom is -0.481 e. The lowest BCUT2D eigenvalue weighted by atomic mass is 9.95. The zero-order valence-corrected chi connectivity index (χ0v) is 11.9. The second-order valence-electron chi connectivity index (χ2n) is 6.76. The third-order valence-electron chi connectivity index (χ3n) is 5.29. The largest absolute Gasteiger partial charge is 0.481 e. The number of hydrogen-bond donors (Lipinski definition) is 2. The van der Waals surface area contributed by atoms with Gasteiger partial charge < -0.3 is 10.4 Å². The summed E-state index contributed by atoms with van der Waals surface area (Å²) in [6.45, 7) is 1.76. The van der Waals surface area contributed by atoms with Crippen molar-refractivity contribution in [3.8, 4) is 0 Å². The summed E-state index contributed by atoms with van der Waals surface area (Å²) in [5.41, 5.74) is -0.538. The van der Waals surface area contributed by atoms with Crippen LogP contribution in [0.2, 0.25) is 0 Å². The van der Waals surface area contributed by atoms with E-state index in [1.165, 1.54) is 19.3 Å².